The number of nitrogens with zero attached hydrogens (tertiary/aromatic N) is 1. The van der Waals surface area contributed by atoms with E-state index in [2.05, 4.69) is 10.3 Å². The highest BCUT2D eigenvalue weighted by Gasteiger charge is 2.08. The van der Waals surface area contributed by atoms with Crippen molar-refractivity contribution in [3.05, 3.63) is 16.1 Å². The molecule has 0 fully saturated rings. The second kappa shape index (κ2) is 8.54. The van der Waals surface area contributed by atoms with Crippen LogP contribution in [0.3, 0.4) is 0 Å². The minimum Gasteiger partial charge on any atom is -0.476 e. The average molecular weight is 317 g/mol. The lowest BCUT2D eigenvalue weighted by Crippen LogP contribution is -2.26. The van der Waals surface area contributed by atoms with Crippen LogP contribution in [0.1, 0.15) is 21.9 Å². The fraction of sp³-hybridized carbons (Fsp3) is 0.455. The number of rotatable bonds is 9. The molecule has 20 heavy (non-hydrogen) atoms. The highest BCUT2D eigenvalue weighted by Crippen LogP contribution is 2.09. The lowest BCUT2D eigenvalue weighted by molar-refractivity contribution is -0.120. The number of thiazole rings is 1. The maximum atomic E-state index is 11.4. The minimum atomic E-state index is -1.05. The van der Waals surface area contributed by atoms with Crippen molar-refractivity contribution in [3.8, 4) is 0 Å². The predicted octanol–water partition coefficient (Wildman–Crippen LogP) is 0.109. The molecule has 0 aliphatic heterocycles. The maximum Gasteiger partial charge on any atom is 0.355 e. The molecule has 1 heterocycles. The number of aromatic carboxylic acids is 1. The van der Waals surface area contributed by atoms with Crippen molar-refractivity contribution in [1.29, 1.82) is 0 Å². The van der Waals surface area contributed by atoms with Gasteiger partial charge in [-0.3, -0.25) is 9.59 Å². The molecule has 7 nitrogen and oxygen atoms in total. The van der Waals surface area contributed by atoms with Crippen LogP contribution in [0.4, 0.5) is 0 Å². The Morgan fingerprint density at radius 2 is 2.20 bits per heavy atom. The number of hydrogen-bond donors (Lipinski definition) is 3. The first-order valence-corrected chi connectivity index (χ1v) is 7.83. The van der Waals surface area contributed by atoms with Gasteiger partial charge in [0.15, 0.2) is 5.69 Å². The smallest absolute Gasteiger partial charge is 0.355 e. The van der Waals surface area contributed by atoms with Gasteiger partial charge in [-0.25, -0.2) is 9.78 Å². The molecule has 4 N–H and O–H groups in total. The lowest BCUT2D eigenvalue weighted by Gasteiger charge is -2.03. The van der Waals surface area contributed by atoms with Gasteiger partial charge in [0.25, 0.3) is 0 Å². The molecule has 0 saturated carbocycles. The Morgan fingerprint density at radius 3 is 2.80 bits per heavy atom. The van der Waals surface area contributed by atoms with E-state index in [9.17, 15) is 14.4 Å². The molecule has 2 amide bonds. The summed E-state index contributed by atoms with van der Waals surface area (Å²) in [4.78, 5) is 36.5. The monoisotopic (exact) mass is 317 g/mol. The third-order valence-electron chi connectivity index (χ3n) is 2.15. The van der Waals surface area contributed by atoms with Crippen LogP contribution in [0.5, 0.6) is 0 Å². The van der Waals surface area contributed by atoms with E-state index in [0.717, 1.165) is 0 Å². The van der Waals surface area contributed by atoms with Gasteiger partial charge in [0.1, 0.15) is 0 Å². The zero-order valence-electron chi connectivity index (χ0n) is 10.6. The average Bonchev–Trinajstić information content (AvgIpc) is 2.83. The molecule has 1 rings (SSSR count). The summed E-state index contributed by atoms with van der Waals surface area (Å²) in [5.41, 5.74) is 5.00. The molecule has 0 bridgehead atoms. The first kappa shape index (κ1) is 16.4. The van der Waals surface area contributed by atoms with E-state index in [0.29, 0.717) is 30.1 Å². The van der Waals surface area contributed by atoms with Gasteiger partial charge >= 0.3 is 5.97 Å². The van der Waals surface area contributed by atoms with Crippen molar-refractivity contribution in [2.24, 2.45) is 5.73 Å². The molecule has 1 aromatic heterocycles. The molecule has 0 atom stereocenters. The number of carboxylic acid groups (broad SMARTS) is 1. The number of thioether (sulfide) groups is 1. The third-order valence-corrected chi connectivity index (χ3v) is 4.04. The molecule has 1 aromatic rings. The summed E-state index contributed by atoms with van der Waals surface area (Å²) >= 11 is 2.57. The fourth-order valence-corrected chi connectivity index (χ4v) is 2.71. The van der Waals surface area contributed by atoms with Crippen LogP contribution in [0.25, 0.3) is 0 Å². The highest BCUT2D eigenvalue weighted by molar-refractivity contribution is 7.99. The van der Waals surface area contributed by atoms with E-state index >= 15 is 0 Å². The summed E-state index contributed by atoms with van der Waals surface area (Å²) in [5, 5.41) is 13.6. The molecule has 0 aromatic carbocycles. The van der Waals surface area contributed by atoms with E-state index in [1.54, 1.807) is 0 Å². The van der Waals surface area contributed by atoms with Crippen molar-refractivity contribution >= 4 is 40.9 Å². The van der Waals surface area contributed by atoms with Gasteiger partial charge < -0.3 is 16.2 Å². The molecule has 9 heteroatoms. The van der Waals surface area contributed by atoms with Crippen LogP contribution in [-0.2, 0) is 16.0 Å². The Hall–Kier alpha value is -1.61. The highest BCUT2D eigenvalue weighted by atomic mass is 32.2. The molecule has 0 spiro atoms. The van der Waals surface area contributed by atoms with Gasteiger partial charge in [-0.15, -0.1) is 11.3 Å². The van der Waals surface area contributed by atoms with Gasteiger partial charge in [0, 0.05) is 30.5 Å². The number of nitrogens with one attached hydrogen (secondary N) is 1. The van der Waals surface area contributed by atoms with Crippen molar-refractivity contribution in [2.45, 2.75) is 12.8 Å². The van der Waals surface area contributed by atoms with Gasteiger partial charge in [0.05, 0.1) is 10.8 Å². The van der Waals surface area contributed by atoms with Crippen LogP contribution in [0.2, 0.25) is 0 Å². The van der Waals surface area contributed by atoms with Crippen LogP contribution < -0.4 is 11.1 Å². The maximum absolute atomic E-state index is 11.4. The van der Waals surface area contributed by atoms with Crippen molar-refractivity contribution in [3.63, 3.8) is 0 Å². The van der Waals surface area contributed by atoms with Crippen LogP contribution in [0.15, 0.2) is 5.38 Å². The Labute approximate surface area is 124 Å². The Bertz CT molecular complexity index is 490. The van der Waals surface area contributed by atoms with E-state index in [-0.39, 0.29) is 17.4 Å². The van der Waals surface area contributed by atoms with Crippen molar-refractivity contribution in [1.82, 2.24) is 10.3 Å². The van der Waals surface area contributed by atoms with Gasteiger partial charge in [-0.1, -0.05) is 0 Å². The SMILES string of the molecule is NC(=O)CSCCC(=O)NCCc1nc(C(=O)O)cs1. The molecule has 0 saturated heterocycles. The van der Waals surface area contributed by atoms with Crippen molar-refractivity contribution in [2.75, 3.05) is 18.1 Å². The number of carbonyl (C=O) groups excluding carboxylic acids is 2. The Balaban J connectivity index is 2.15. The van der Waals surface area contributed by atoms with Crippen LogP contribution in [0, 0.1) is 0 Å². The van der Waals surface area contributed by atoms with E-state index < -0.39 is 11.9 Å². The quantitative estimate of drug-likeness (QED) is 0.556. The summed E-state index contributed by atoms with van der Waals surface area (Å²) in [5.74, 6) is -0.812. The van der Waals surface area contributed by atoms with E-state index in [1.165, 1.54) is 28.5 Å². The van der Waals surface area contributed by atoms with Crippen LogP contribution >= 0.6 is 23.1 Å². The standard InChI is InChI=1S/C11H15N3O4S2/c12-8(15)6-19-4-2-9(16)13-3-1-10-14-7(5-20-10)11(17)18/h5H,1-4,6H2,(H2,12,15)(H,13,16)(H,17,18). The molecular weight excluding hydrogens is 302 g/mol. The van der Waals surface area contributed by atoms with Gasteiger partial charge in [-0.05, 0) is 0 Å². The number of nitrogens with two attached hydrogens (primary N) is 1. The first-order chi connectivity index (χ1) is 9.49. The number of carboxylic acids is 1. The Morgan fingerprint density at radius 1 is 1.45 bits per heavy atom. The summed E-state index contributed by atoms with van der Waals surface area (Å²) in [6, 6.07) is 0. The zero-order valence-corrected chi connectivity index (χ0v) is 12.3. The van der Waals surface area contributed by atoms with Gasteiger partial charge in [0.2, 0.25) is 11.8 Å². The third kappa shape index (κ3) is 6.53. The molecular formula is C11H15N3O4S2. The zero-order chi connectivity index (χ0) is 15.0. The normalized spacial score (nSPS) is 10.2. The number of amides is 2. The van der Waals surface area contributed by atoms with Crippen LogP contribution in [-0.4, -0.2) is 45.9 Å². The summed E-state index contributed by atoms with van der Waals surface area (Å²) < 4.78 is 0. The largest absolute Gasteiger partial charge is 0.476 e. The summed E-state index contributed by atoms with van der Waals surface area (Å²) in [6.45, 7) is 0.409. The number of primary amides is 1. The van der Waals surface area contributed by atoms with Gasteiger partial charge in [-0.2, -0.15) is 11.8 Å². The fourth-order valence-electron chi connectivity index (χ4n) is 1.26. The molecule has 0 aliphatic rings. The second-order valence-electron chi connectivity index (χ2n) is 3.80. The molecule has 0 unspecified atom stereocenters. The second-order valence-corrected chi connectivity index (χ2v) is 5.85. The number of hydrogen-bond acceptors (Lipinski definition) is 6. The lowest BCUT2D eigenvalue weighted by atomic mass is 10.4. The Kier molecular flexibility index (Phi) is 7.02. The number of carbonyl (C=O) groups is 3. The summed E-state index contributed by atoms with van der Waals surface area (Å²) in [7, 11) is 0. The van der Waals surface area contributed by atoms with E-state index in [1.807, 2.05) is 0 Å². The van der Waals surface area contributed by atoms with E-state index in [4.69, 9.17) is 10.8 Å². The molecule has 0 aliphatic carbocycles. The predicted molar refractivity (Wildman–Crippen MR) is 76.9 cm³/mol. The minimum absolute atomic E-state index is 0.0270. The number of aromatic nitrogens is 1. The van der Waals surface area contributed by atoms with Crippen molar-refractivity contribution < 1.29 is 19.5 Å². The topological polar surface area (TPSA) is 122 Å². The molecule has 0 radical (unpaired) electrons. The summed E-state index contributed by atoms with van der Waals surface area (Å²) in [6.07, 6.45) is 0.814. The molecule has 110 valence electrons. The first-order valence-electron chi connectivity index (χ1n) is 5.79.